The van der Waals surface area contributed by atoms with Gasteiger partial charge in [-0.25, -0.2) is 0 Å². The van der Waals surface area contributed by atoms with Gasteiger partial charge < -0.3 is 15.6 Å². The molecule has 0 spiro atoms. The molecule has 2 aliphatic rings. The van der Waals surface area contributed by atoms with Crippen LogP contribution in [0.25, 0.3) is 55.1 Å². The topological polar surface area (TPSA) is 47.9 Å². The van der Waals surface area contributed by atoms with Gasteiger partial charge in [0, 0.05) is 32.9 Å². The zero-order valence-corrected chi connectivity index (χ0v) is 28.5. The number of rotatable bonds is 7. The van der Waals surface area contributed by atoms with Crippen molar-refractivity contribution in [2.45, 2.75) is 31.7 Å². The fourth-order valence-electron chi connectivity index (χ4n) is 7.82. The number of nitrogens with one attached hydrogen (secondary N) is 1. The van der Waals surface area contributed by atoms with Gasteiger partial charge >= 0.3 is 0 Å². The van der Waals surface area contributed by atoms with Gasteiger partial charge in [-0.3, -0.25) is 4.57 Å². The van der Waals surface area contributed by atoms with Crippen molar-refractivity contribution in [3.63, 3.8) is 0 Å². The Balaban J connectivity index is 1.18. The van der Waals surface area contributed by atoms with Crippen LogP contribution >= 0.6 is 0 Å². The minimum absolute atomic E-state index is 0.179. The van der Waals surface area contributed by atoms with Gasteiger partial charge in [-0.05, 0) is 84.9 Å². The third kappa shape index (κ3) is 5.59. The van der Waals surface area contributed by atoms with E-state index in [0.29, 0.717) is 0 Å². The molecule has 0 saturated heterocycles. The van der Waals surface area contributed by atoms with E-state index in [1.54, 1.807) is 0 Å². The molecule has 2 aromatic heterocycles. The summed E-state index contributed by atoms with van der Waals surface area (Å²) in [5.74, 6) is 0.998. The second kappa shape index (κ2) is 13.2. The van der Waals surface area contributed by atoms with E-state index in [1.165, 1.54) is 55.7 Å². The Bertz CT molecular complexity index is 2610. The van der Waals surface area contributed by atoms with Crippen LogP contribution < -0.4 is 11.1 Å². The molecule has 1 unspecified atom stereocenters. The zero-order chi connectivity index (χ0) is 34.1. The molecule has 4 nitrogen and oxygen atoms in total. The summed E-state index contributed by atoms with van der Waals surface area (Å²) in [5, 5.41) is 8.77. The highest BCUT2D eigenvalue weighted by Gasteiger charge is 2.23. The molecular formula is C47H40N4. The van der Waals surface area contributed by atoms with Crippen molar-refractivity contribution < 1.29 is 0 Å². The van der Waals surface area contributed by atoms with Crippen LogP contribution in [0.5, 0.6) is 0 Å². The monoisotopic (exact) mass is 660 g/mol. The molecule has 0 saturated carbocycles. The lowest BCUT2D eigenvalue weighted by molar-refractivity contribution is 0.762. The zero-order valence-electron chi connectivity index (χ0n) is 28.5. The first kappa shape index (κ1) is 30.8. The van der Waals surface area contributed by atoms with Crippen LogP contribution in [-0.4, -0.2) is 15.2 Å². The van der Waals surface area contributed by atoms with E-state index in [-0.39, 0.29) is 6.04 Å². The maximum atomic E-state index is 7.05. The highest BCUT2D eigenvalue weighted by atomic mass is 15.2. The molecule has 51 heavy (non-hydrogen) atoms. The molecule has 4 heteroatoms. The van der Waals surface area contributed by atoms with Gasteiger partial charge in [0.25, 0.3) is 0 Å². The number of nitrogens with two attached hydrogens (primary N) is 1. The van der Waals surface area contributed by atoms with E-state index in [9.17, 15) is 0 Å². The van der Waals surface area contributed by atoms with Gasteiger partial charge in [-0.1, -0.05) is 127 Å². The lowest BCUT2D eigenvalue weighted by atomic mass is 9.98. The fraction of sp³-hybridized carbons (Fsp3) is 0.106. The van der Waals surface area contributed by atoms with Gasteiger partial charge in [0.05, 0.1) is 28.1 Å². The van der Waals surface area contributed by atoms with Gasteiger partial charge in [0.15, 0.2) is 0 Å². The molecule has 0 fully saturated rings. The van der Waals surface area contributed by atoms with Crippen LogP contribution in [0.4, 0.5) is 0 Å². The number of allylic oxidation sites excluding steroid dienone is 9. The molecule has 9 rings (SSSR count). The fourth-order valence-corrected chi connectivity index (χ4v) is 7.82. The molecule has 1 atom stereocenters. The summed E-state index contributed by atoms with van der Waals surface area (Å²) >= 11 is 0. The van der Waals surface area contributed by atoms with Crippen molar-refractivity contribution in [2.24, 2.45) is 5.73 Å². The number of hydrogen-bond donors (Lipinski definition) is 2. The summed E-state index contributed by atoms with van der Waals surface area (Å²) in [5.41, 5.74) is 17.4. The van der Waals surface area contributed by atoms with Crippen molar-refractivity contribution >= 4 is 49.4 Å². The summed E-state index contributed by atoms with van der Waals surface area (Å²) in [7, 11) is 0. The lowest BCUT2D eigenvalue weighted by Gasteiger charge is -2.24. The van der Waals surface area contributed by atoms with Crippen molar-refractivity contribution in [2.75, 3.05) is 0 Å². The summed E-state index contributed by atoms with van der Waals surface area (Å²) in [6.07, 6.45) is 22.1. The number of hydrogen-bond acceptors (Lipinski definition) is 2. The van der Waals surface area contributed by atoms with Gasteiger partial charge in [0.1, 0.15) is 5.82 Å². The third-order valence-corrected chi connectivity index (χ3v) is 10.2. The molecule has 7 aromatic rings. The Labute approximate surface area is 298 Å². The lowest BCUT2D eigenvalue weighted by Crippen LogP contribution is -2.34. The molecule has 0 bridgehead atoms. The largest absolute Gasteiger partial charge is 0.400 e. The van der Waals surface area contributed by atoms with Crippen molar-refractivity contribution in [1.29, 1.82) is 0 Å². The molecule has 3 heterocycles. The van der Waals surface area contributed by atoms with E-state index in [2.05, 4.69) is 184 Å². The molecule has 248 valence electrons. The predicted molar refractivity (Wildman–Crippen MR) is 216 cm³/mol. The SMILES string of the molecule is N/C(=C\C(=C/Cc1ccccc1)C1=CCCCC=C1)C1C=CC=C(n2c3ccccc3c3ccc4c(c5ccccc5n4-c4ccccc4)c32)N1. The average molecular weight is 661 g/mol. The number of aromatic nitrogens is 2. The Morgan fingerprint density at radius 2 is 1.45 bits per heavy atom. The summed E-state index contributed by atoms with van der Waals surface area (Å²) in [4.78, 5) is 0. The molecule has 1 aliphatic heterocycles. The Kier molecular flexibility index (Phi) is 7.98. The van der Waals surface area contributed by atoms with E-state index in [4.69, 9.17) is 5.73 Å². The first-order valence-corrected chi connectivity index (χ1v) is 18.0. The third-order valence-electron chi connectivity index (χ3n) is 10.2. The summed E-state index contributed by atoms with van der Waals surface area (Å²) in [6, 6.07) is 43.2. The maximum absolute atomic E-state index is 7.05. The number of dihydropyridines is 1. The minimum atomic E-state index is -0.179. The Hall–Kier alpha value is -6.26. The first-order chi connectivity index (χ1) is 25.2. The van der Waals surface area contributed by atoms with Crippen molar-refractivity contribution in [1.82, 2.24) is 14.5 Å². The van der Waals surface area contributed by atoms with E-state index >= 15 is 0 Å². The summed E-state index contributed by atoms with van der Waals surface area (Å²) < 4.78 is 4.79. The molecule has 1 aliphatic carbocycles. The predicted octanol–water partition coefficient (Wildman–Crippen LogP) is 10.9. The van der Waals surface area contributed by atoms with Gasteiger partial charge in [-0.15, -0.1) is 0 Å². The van der Waals surface area contributed by atoms with Crippen molar-refractivity contribution in [3.8, 4) is 5.69 Å². The molecule has 5 aromatic carbocycles. The normalized spacial score (nSPS) is 16.8. The number of para-hydroxylation sites is 3. The van der Waals surface area contributed by atoms with Gasteiger partial charge in [0.2, 0.25) is 0 Å². The van der Waals surface area contributed by atoms with Crippen LogP contribution in [0.1, 0.15) is 24.8 Å². The van der Waals surface area contributed by atoms with Crippen LogP contribution in [0.15, 0.2) is 187 Å². The highest BCUT2D eigenvalue weighted by molar-refractivity contribution is 6.26. The number of nitrogens with zero attached hydrogens (tertiary/aromatic N) is 2. The van der Waals surface area contributed by atoms with E-state index < -0.39 is 0 Å². The maximum Gasteiger partial charge on any atom is 0.111 e. The molecule has 0 amide bonds. The van der Waals surface area contributed by atoms with Crippen molar-refractivity contribution in [3.05, 3.63) is 192 Å². The molecule has 0 radical (unpaired) electrons. The second-order valence-corrected chi connectivity index (χ2v) is 13.4. The van der Waals surface area contributed by atoms with E-state index in [0.717, 1.165) is 47.6 Å². The standard InChI is InChI=1S/C47H40N4/c48-40(32-35(34-18-7-1-2-8-19-34)29-28-33-16-5-3-6-17-33)41-24-15-27-45(49-41)51-42-25-13-11-22-37(42)38-30-31-44-46(47(38)51)39-23-12-14-26-43(39)50(44)36-20-9-4-10-21-36/h3-7,9-27,29-32,41,49H,1-2,8,28,48H2/b35-29+,40-32-. The summed E-state index contributed by atoms with van der Waals surface area (Å²) in [6.45, 7) is 0. The second-order valence-electron chi connectivity index (χ2n) is 13.4. The first-order valence-electron chi connectivity index (χ1n) is 18.0. The number of benzene rings is 5. The quantitative estimate of drug-likeness (QED) is 0.167. The average Bonchev–Trinajstić information content (AvgIpc) is 3.56. The Morgan fingerprint density at radius 1 is 0.725 bits per heavy atom. The number of fused-ring (bicyclic) bond motifs is 7. The van der Waals surface area contributed by atoms with Crippen LogP contribution in [0.2, 0.25) is 0 Å². The van der Waals surface area contributed by atoms with E-state index in [1.807, 2.05) is 0 Å². The van der Waals surface area contributed by atoms with Gasteiger partial charge in [-0.2, -0.15) is 0 Å². The van der Waals surface area contributed by atoms with Crippen LogP contribution in [0.3, 0.4) is 0 Å². The molecular weight excluding hydrogens is 621 g/mol. The Morgan fingerprint density at radius 3 is 2.27 bits per heavy atom. The smallest absolute Gasteiger partial charge is 0.111 e. The molecule has 3 N–H and O–H groups in total. The van der Waals surface area contributed by atoms with Crippen LogP contribution in [-0.2, 0) is 6.42 Å². The minimum Gasteiger partial charge on any atom is -0.400 e. The van der Waals surface area contributed by atoms with Crippen LogP contribution in [0, 0.1) is 0 Å². The highest BCUT2D eigenvalue weighted by Crippen LogP contribution is 2.41.